The van der Waals surface area contributed by atoms with Gasteiger partial charge in [-0.25, -0.2) is 4.98 Å². The fourth-order valence-corrected chi connectivity index (χ4v) is 3.18. The zero-order valence-electron chi connectivity index (χ0n) is 15.8. The van der Waals surface area contributed by atoms with E-state index in [2.05, 4.69) is 9.97 Å². The van der Waals surface area contributed by atoms with Gasteiger partial charge in [0.15, 0.2) is 5.82 Å². The van der Waals surface area contributed by atoms with Gasteiger partial charge in [0, 0.05) is 44.1 Å². The minimum absolute atomic E-state index is 0.00492. The molecular formula is C20H26N4O3. The van der Waals surface area contributed by atoms with Crippen molar-refractivity contribution in [1.29, 1.82) is 0 Å². The predicted octanol–water partition coefficient (Wildman–Crippen LogP) is 1.44. The van der Waals surface area contributed by atoms with Gasteiger partial charge in [-0.05, 0) is 44.4 Å². The van der Waals surface area contributed by atoms with Crippen molar-refractivity contribution in [3.63, 3.8) is 0 Å². The number of hydrogen-bond donors (Lipinski definition) is 2. The van der Waals surface area contributed by atoms with Gasteiger partial charge in [-0.15, -0.1) is 0 Å². The van der Waals surface area contributed by atoms with E-state index in [9.17, 15) is 14.7 Å². The summed E-state index contributed by atoms with van der Waals surface area (Å²) >= 11 is 0. The van der Waals surface area contributed by atoms with Gasteiger partial charge in [0.25, 0.3) is 11.5 Å². The van der Waals surface area contributed by atoms with Gasteiger partial charge in [0.1, 0.15) is 0 Å². The van der Waals surface area contributed by atoms with E-state index in [1.54, 1.807) is 20.0 Å². The third-order valence-corrected chi connectivity index (χ3v) is 4.75. The van der Waals surface area contributed by atoms with Crippen molar-refractivity contribution in [2.24, 2.45) is 0 Å². The van der Waals surface area contributed by atoms with Crippen molar-refractivity contribution in [3.8, 4) is 0 Å². The minimum Gasteiger partial charge on any atom is -0.390 e. The van der Waals surface area contributed by atoms with Crippen LogP contribution in [0.3, 0.4) is 0 Å². The highest BCUT2D eigenvalue weighted by Crippen LogP contribution is 2.16. The van der Waals surface area contributed by atoms with Crippen LogP contribution in [0.5, 0.6) is 0 Å². The molecular weight excluding hydrogens is 344 g/mol. The number of aromatic nitrogens is 2. The van der Waals surface area contributed by atoms with E-state index in [1.807, 2.05) is 34.1 Å². The average Bonchev–Trinajstić information content (AvgIpc) is 2.66. The molecule has 2 aromatic rings. The fraction of sp³-hybridized carbons (Fsp3) is 0.450. The van der Waals surface area contributed by atoms with Gasteiger partial charge in [-0.1, -0.05) is 12.1 Å². The lowest BCUT2D eigenvalue weighted by Gasteiger charge is -2.35. The number of nitrogens with one attached hydrogen (secondary N) is 1. The van der Waals surface area contributed by atoms with Crippen LogP contribution in [0.4, 0.5) is 5.82 Å². The van der Waals surface area contributed by atoms with E-state index < -0.39 is 5.60 Å². The molecule has 1 amide bonds. The molecule has 1 aromatic heterocycles. The molecule has 0 aliphatic carbocycles. The number of aliphatic hydroxyl groups is 1. The Morgan fingerprint density at radius 2 is 2.00 bits per heavy atom. The second-order valence-electron chi connectivity index (χ2n) is 7.53. The van der Waals surface area contributed by atoms with Gasteiger partial charge in [-0.2, -0.15) is 0 Å². The smallest absolute Gasteiger partial charge is 0.290 e. The van der Waals surface area contributed by atoms with Crippen molar-refractivity contribution in [3.05, 3.63) is 58.1 Å². The Bertz CT molecular complexity index is 849. The number of hydrogen-bond acceptors (Lipinski definition) is 5. The van der Waals surface area contributed by atoms with Gasteiger partial charge >= 0.3 is 0 Å². The molecule has 0 unspecified atom stereocenters. The third-order valence-electron chi connectivity index (χ3n) is 4.75. The normalized spacial score (nSPS) is 15.1. The number of anilines is 1. The van der Waals surface area contributed by atoms with Crippen LogP contribution in [0.15, 0.2) is 41.5 Å². The summed E-state index contributed by atoms with van der Waals surface area (Å²) in [5.74, 6) is 0.396. The zero-order valence-corrected chi connectivity index (χ0v) is 15.8. The molecule has 1 saturated heterocycles. The number of nitrogens with zero attached hydrogens (tertiary/aromatic N) is 3. The molecule has 2 N–H and O–H groups in total. The van der Waals surface area contributed by atoms with E-state index in [-0.39, 0.29) is 11.5 Å². The SMILES string of the molecule is CC(C)(O)CCc1cccc(C(=O)N2CCN(c3ncc[nH]c3=O)CC2)c1. The number of piperazine rings is 1. The number of benzene rings is 1. The monoisotopic (exact) mass is 370 g/mol. The Morgan fingerprint density at radius 1 is 1.26 bits per heavy atom. The topological polar surface area (TPSA) is 89.5 Å². The first-order valence-corrected chi connectivity index (χ1v) is 9.23. The van der Waals surface area contributed by atoms with E-state index in [4.69, 9.17) is 0 Å². The summed E-state index contributed by atoms with van der Waals surface area (Å²) in [6.07, 6.45) is 4.44. The summed E-state index contributed by atoms with van der Waals surface area (Å²) in [6, 6.07) is 7.60. The Balaban J connectivity index is 1.62. The standard InChI is InChI=1S/C20H26N4O3/c1-20(2,27)7-6-15-4-3-5-16(14-15)19(26)24-12-10-23(11-13-24)17-18(25)22-9-8-21-17/h3-5,8-9,14,27H,6-7,10-13H2,1-2H3,(H,22,25). The van der Waals surface area contributed by atoms with Crippen molar-refractivity contribution < 1.29 is 9.90 Å². The Hall–Kier alpha value is -2.67. The van der Waals surface area contributed by atoms with Gasteiger partial charge in [0.2, 0.25) is 0 Å². The molecule has 1 aliphatic rings. The molecule has 0 bridgehead atoms. The lowest BCUT2D eigenvalue weighted by molar-refractivity contribution is 0.0714. The number of amides is 1. The van der Waals surface area contributed by atoms with E-state index in [0.29, 0.717) is 44.0 Å². The van der Waals surface area contributed by atoms with Crippen molar-refractivity contribution in [2.45, 2.75) is 32.3 Å². The fourth-order valence-electron chi connectivity index (χ4n) is 3.18. The second-order valence-corrected chi connectivity index (χ2v) is 7.53. The first kappa shape index (κ1) is 19.1. The van der Waals surface area contributed by atoms with Crippen molar-refractivity contribution in [2.75, 3.05) is 31.1 Å². The van der Waals surface area contributed by atoms with Crippen molar-refractivity contribution >= 4 is 11.7 Å². The van der Waals surface area contributed by atoms with E-state index >= 15 is 0 Å². The second kappa shape index (κ2) is 7.92. The molecule has 27 heavy (non-hydrogen) atoms. The van der Waals surface area contributed by atoms with Crippen molar-refractivity contribution in [1.82, 2.24) is 14.9 Å². The maximum atomic E-state index is 12.8. The average molecular weight is 370 g/mol. The molecule has 144 valence electrons. The summed E-state index contributed by atoms with van der Waals surface area (Å²) in [6.45, 7) is 5.81. The largest absolute Gasteiger partial charge is 0.390 e. The molecule has 0 radical (unpaired) electrons. The van der Waals surface area contributed by atoms with Crippen LogP contribution >= 0.6 is 0 Å². The Kier molecular flexibility index (Phi) is 5.60. The predicted molar refractivity (Wildman–Crippen MR) is 104 cm³/mol. The lowest BCUT2D eigenvalue weighted by atomic mass is 9.97. The van der Waals surface area contributed by atoms with E-state index in [1.165, 1.54) is 6.20 Å². The highest BCUT2D eigenvalue weighted by Gasteiger charge is 2.24. The van der Waals surface area contributed by atoms with Crippen LogP contribution in [0.1, 0.15) is 36.2 Å². The minimum atomic E-state index is -0.723. The molecule has 0 saturated carbocycles. The molecule has 2 heterocycles. The number of aryl methyl sites for hydroxylation is 1. The molecule has 1 fully saturated rings. The molecule has 7 heteroatoms. The third kappa shape index (κ3) is 4.95. The highest BCUT2D eigenvalue weighted by molar-refractivity contribution is 5.94. The summed E-state index contributed by atoms with van der Waals surface area (Å²) in [5, 5.41) is 9.89. The summed E-state index contributed by atoms with van der Waals surface area (Å²) in [5.41, 5.74) is 0.769. The number of H-pyrrole nitrogens is 1. The maximum absolute atomic E-state index is 12.8. The van der Waals surface area contributed by atoms with Gasteiger partial charge in [-0.3, -0.25) is 9.59 Å². The van der Waals surface area contributed by atoms with Crippen LogP contribution in [-0.2, 0) is 6.42 Å². The van der Waals surface area contributed by atoms with Crippen LogP contribution in [-0.4, -0.2) is 57.7 Å². The molecule has 0 atom stereocenters. The van der Waals surface area contributed by atoms with Gasteiger partial charge in [0.05, 0.1) is 5.60 Å². The summed E-state index contributed by atoms with van der Waals surface area (Å²) in [4.78, 5) is 35.2. The van der Waals surface area contributed by atoms with Crippen LogP contribution in [0.2, 0.25) is 0 Å². The van der Waals surface area contributed by atoms with Gasteiger partial charge < -0.3 is 19.9 Å². The highest BCUT2D eigenvalue weighted by atomic mass is 16.3. The zero-order chi connectivity index (χ0) is 19.4. The lowest BCUT2D eigenvalue weighted by Crippen LogP contribution is -2.50. The maximum Gasteiger partial charge on any atom is 0.290 e. The number of aromatic amines is 1. The first-order chi connectivity index (χ1) is 12.8. The van der Waals surface area contributed by atoms with Crippen LogP contribution in [0, 0.1) is 0 Å². The molecule has 0 spiro atoms. The van der Waals surface area contributed by atoms with E-state index in [0.717, 1.165) is 12.0 Å². The van der Waals surface area contributed by atoms with Crippen LogP contribution in [0.25, 0.3) is 0 Å². The number of carbonyl (C=O) groups is 1. The number of rotatable bonds is 5. The Morgan fingerprint density at radius 3 is 2.67 bits per heavy atom. The molecule has 3 rings (SSSR count). The molecule has 7 nitrogen and oxygen atoms in total. The summed E-state index contributed by atoms with van der Waals surface area (Å²) < 4.78 is 0. The molecule has 1 aliphatic heterocycles. The summed E-state index contributed by atoms with van der Waals surface area (Å²) in [7, 11) is 0. The molecule has 1 aromatic carbocycles. The first-order valence-electron chi connectivity index (χ1n) is 9.23. The Labute approximate surface area is 158 Å². The van der Waals surface area contributed by atoms with Crippen LogP contribution < -0.4 is 10.5 Å². The number of carbonyl (C=O) groups excluding carboxylic acids is 1. The quantitative estimate of drug-likeness (QED) is 0.831.